The number of amides is 2. The van der Waals surface area contributed by atoms with Gasteiger partial charge in [0.2, 0.25) is 0 Å². The highest BCUT2D eigenvalue weighted by molar-refractivity contribution is 5.99. The van der Waals surface area contributed by atoms with Gasteiger partial charge in [-0.3, -0.25) is 19.2 Å². The number of anilines is 2. The fourth-order valence-corrected chi connectivity index (χ4v) is 6.79. The Labute approximate surface area is 333 Å². The van der Waals surface area contributed by atoms with Gasteiger partial charge in [0, 0.05) is 48.4 Å². The molecule has 2 aliphatic rings. The summed E-state index contributed by atoms with van der Waals surface area (Å²) in [6, 6.07) is 17.2. The minimum Gasteiger partial charge on any atom is -0.482 e. The van der Waals surface area contributed by atoms with Gasteiger partial charge in [-0.25, -0.2) is 8.78 Å². The highest BCUT2D eigenvalue weighted by Crippen LogP contribution is 2.41. The number of carbonyl (C=O) groups excluding carboxylic acids is 4. The lowest BCUT2D eigenvalue weighted by atomic mass is 9.94. The molecule has 14 nitrogen and oxygen atoms in total. The van der Waals surface area contributed by atoms with Gasteiger partial charge in [0.25, 0.3) is 11.8 Å². The van der Waals surface area contributed by atoms with Crippen LogP contribution in [0.5, 0.6) is 11.5 Å². The summed E-state index contributed by atoms with van der Waals surface area (Å²) in [5, 5.41) is 24.9. The SMILES string of the molecule is CCOC(=O)[C@H](CO)NCCN1C(=O)COc2cc(-c3cccc(-c4cccc(-c5ccc6c(c5)OCC(=O)N6CCN[C@@H](CO)C(=O)OCC)c4F)c3F)ccc21. The van der Waals surface area contributed by atoms with Crippen molar-refractivity contribution < 1.29 is 57.1 Å². The molecule has 0 unspecified atom stereocenters. The second-order valence-corrected chi connectivity index (χ2v) is 13.3. The molecule has 2 amide bonds. The van der Waals surface area contributed by atoms with Gasteiger partial charge in [0.15, 0.2) is 13.2 Å². The maximum absolute atomic E-state index is 16.4. The molecule has 16 heteroatoms. The molecule has 0 saturated heterocycles. The van der Waals surface area contributed by atoms with Crippen molar-refractivity contribution in [1.82, 2.24) is 10.6 Å². The molecule has 0 spiro atoms. The molecule has 2 aliphatic heterocycles. The first kappa shape index (κ1) is 41.7. The van der Waals surface area contributed by atoms with Crippen LogP contribution in [0, 0.1) is 11.6 Å². The zero-order valence-corrected chi connectivity index (χ0v) is 32.0. The van der Waals surface area contributed by atoms with Crippen molar-refractivity contribution >= 4 is 35.1 Å². The number of aliphatic hydroxyl groups is 2. The lowest BCUT2D eigenvalue weighted by Crippen LogP contribution is -2.47. The quantitative estimate of drug-likeness (QED) is 0.115. The minimum atomic E-state index is -0.948. The first-order valence-corrected chi connectivity index (χ1v) is 18.8. The number of hydrogen-bond acceptors (Lipinski definition) is 12. The summed E-state index contributed by atoms with van der Waals surface area (Å²) in [6.45, 7) is 2.78. The Kier molecular flexibility index (Phi) is 13.7. The van der Waals surface area contributed by atoms with E-state index in [1.807, 2.05) is 0 Å². The van der Waals surface area contributed by atoms with Gasteiger partial charge < -0.3 is 49.6 Å². The maximum Gasteiger partial charge on any atom is 0.325 e. The molecule has 0 fully saturated rings. The van der Waals surface area contributed by atoms with Crippen LogP contribution in [0.1, 0.15) is 13.8 Å². The fraction of sp³-hybridized carbons (Fsp3) is 0.333. The second kappa shape index (κ2) is 19.0. The summed E-state index contributed by atoms with van der Waals surface area (Å²) in [4.78, 5) is 52.7. The van der Waals surface area contributed by atoms with E-state index in [9.17, 15) is 29.4 Å². The number of nitrogens with one attached hydrogen (secondary N) is 2. The van der Waals surface area contributed by atoms with Gasteiger partial charge in [-0.15, -0.1) is 0 Å². The second-order valence-electron chi connectivity index (χ2n) is 13.3. The number of halogens is 2. The zero-order valence-electron chi connectivity index (χ0n) is 32.0. The lowest BCUT2D eigenvalue weighted by Gasteiger charge is -2.30. The third kappa shape index (κ3) is 8.95. The number of aliphatic hydroxyl groups excluding tert-OH is 2. The van der Waals surface area contributed by atoms with Crippen LogP contribution >= 0.6 is 0 Å². The molecule has 6 rings (SSSR count). The predicted octanol–water partition coefficient (Wildman–Crippen LogP) is 3.44. The Morgan fingerprint density at radius 1 is 0.672 bits per heavy atom. The lowest BCUT2D eigenvalue weighted by molar-refractivity contribution is -0.147. The first-order valence-electron chi connectivity index (χ1n) is 18.8. The third-order valence-corrected chi connectivity index (χ3v) is 9.67. The maximum atomic E-state index is 16.4. The van der Waals surface area contributed by atoms with Crippen molar-refractivity contribution in [1.29, 1.82) is 0 Å². The van der Waals surface area contributed by atoms with E-state index in [2.05, 4.69) is 10.6 Å². The van der Waals surface area contributed by atoms with Crippen LogP contribution in [0.15, 0.2) is 72.8 Å². The summed E-state index contributed by atoms with van der Waals surface area (Å²) >= 11 is 0. The molecule has 0 aliphatic carbocycles. The zero-order chi connectivity index (χ0) is 41.3. The van der Waals surface area contributed by atoms with E-state index in [1.54, 1.807) is 74.5 Å². The van der Waals surface area contributed by atoms with Gasteiger partial charge in [0.1, 0.15) is 35.2 Å². The fourth-order valence-electron chi connectivity index (χ4n) is 6.79. The largest absolute Gasteiger partial charge is 0.482 e. The topological polar surface area (TPSA) is 176 Å². The third-order valence-electron chi connectivity index (χ3n) is 9.67. The number of rotatable bonds is 17. The van der Waals surface area contributed by atoms with Crippen LogP contribution in [0.25, 0.3) is 33.4 Å². The van der Waals surface area contributed by atoms with Crippen LogP contribution < -0.4 is 29.9 Å². The van der Waals surface area contributed by atoms with Crippen LogP contribution in [0.3, 0.4) is 0 Å². The average Bonchev–Trinajstić information content (AvgIpc) is 3.22. The number of nitrogens with zero attached hydrogens (tertiary/aromatic N) is 2. The number of carbonyl (C=O) groups is 4. The summed E-state index contributed by atoms with van der Waals surface area (Å²) < 4.78 is 54.2. The Morgan fingerprint density at radius 2 is 1.07 bits per heavy atom. The standard InChI is InChI=1S/C42H44F2N4O10/c1-3-55-41(53)31(21-49)45-15-17-47-33-13-11-25(19-35(33)57-23-37(47)51)27-7-5-9-29(39(27)43)30-10-6-8-28(40(30)44)26-12-14-34-36(20-26)58-24-38(52)48(34)18-16-46-32(22-50)42(54)56-4-2/h5-14,19-20,31-32,45-46,49-50H,3-4,15-18,21-24H2,1-2H3/t31-,32-/m0/s1. The van der Waals surface area contributed by atoms with Gasteiger partial charge in [-0.2, -0.15) is 0 Å². The smallest absolute Gasteiger partial charge is 0.325 e. The molecule has 0 saturated carbocycles. The Balaban J connectivity index is 1.21. The number of esters is 2. The molecule has 2 heterocycles. The van der Waals surface area contributed by atoms with Crippen LogP contribution in [-0.4, -0.2) is 112 Å². The Morgan fingerprint density at radius 3 is 1.45 bits per heavy atom. The molecular formula is C42H44F2N4O10. The minimum absolute atomic E-state index is 0.0147. The monoisotopic (exact) mass is 802 g/mol. The molecule has 4 N–H and O–H groups in total. The normalized spacial score (nSPS) is 14.5. The predicted molar refractivity (Wildman–Crippen MR) is 209 cm³/mol. The van der Waals surface area contributed by atoms with E-state index in [-0.39, 0.29) is 86.7 Å². The molecule has 4 aromatic carbocycles. The van der Waals surface area contributed by atoms with Gasteiger partial charge in [-0.1, -0.05) is 48.5 Å². The van der Waals surface area contributed by atoms with Crippen molar-refractivity contribution in [2.75, 3.05) is 75.6 Å². The Bertz CT molecular complexity index is 2020. The summed E-state index contributed by atoms with van der Waals surface area (Å²) in [5.74, 6) is -2.55. The number of ether oxygens (including phenoxy) is 4. The molecule has 306 valence electrons. The van der Waals surface area contributed by atoms with E-state index in [1.165, 1.54) is 21.9 Å². The number of fused-ring (bicyclic) bond motifs is 2. The number of benzene rings is 4. The van der Waals surface area contributed by atoms with Crippen molar-refractivity contribution in [3.8, 4) is 44.9 Å². The van der Waals surface area contributed by atoms with Crippen molar-refractivity contribution in [2.24, 2.45) is 0 Å². The first-order chi connectivity index (χ1) is 28.1. The van der Waals surface area contributed by atoms with Crippen LogP contribution in [0.4, 0.5) is 20.2 Å². The van der Waals surface area contributed by atoms with Gasteiger partial charge >= 0.3 is 11.9 Å². The molecule has 0 aromatic heterocycles. The van der Waals surface area contributed by atoms with Crippen LogP contribution in [0.2, 0.25) is 0 Å². The van der Waals surface area contributed by atoms with Gasteiger partial charge in [0.05, 0.1) is 37.8 Å². The van der Waals surface area contributed by atoms with Crippen molar-refractivity contribution in [3.63, 3.8) is 0 Å². The molecule has 0 radical (unpaired) electrons. The Hall–Kier alpha value is -5.94. The van der Waals surface area contributed by atoms with Gasteiger partial charge in [-0.05, 0) is 49.2 Å². The average molecular weight is 803 g/mol. The summed E-state index contributed by atoms with van der Waals surface area (Å²) in [5.41, 5.74) is 2.12. The summed E-state index contributed by atoms with van der Waals surface area (Å²) in [6.07, 6.45) is 0. The molecular weight excluding hydrogens is 758 g/mol. The summed E-state index contributed by atoms with van der Waals surface area (Å²) in [7, 11) is 0. The van der Waals surface area contributed by atoms with E-state index in [4.69, 9.17) is 18.9 Å². The van der Waals surface area contributed by atoms with E-state index in [0.717, 1.165) is 0 Å². The molecule has 0 bridgehead atoms. The molecule has 58 heavy (non-hydrogen) atoms. The highest BCUT2D eigenvalue weighted by Gasteiger charge is 2.29. The van der Waals surface area contributed by atoms with E-state index in [0.29, 0.717) is 34.0 Å². The highest BCUT2D eigenvalue weighted by atomic mass is 19.1. The molecule has 4 aromatic rings. The number of hydrogen-bond donors (Lipinski definition) is 4. The van der Waals surface area contributed by atoms with E-state index >= 15 is 8.78 Å². The van der Waals surface area contributed by atoms with Crippen molar-refractivity contribution in [2.45, 2.75) is 25.9 Å². The van der Waals surface area contributed by atoms with E-state index < -0.39 is 48.9 Å². The molecule has 2 atom stereocenters. The van der Waals surface area contributed by atoms with Crippen molar-refractivity contribution in [3.05, 3.63) is 84.4 Å². The van der Waals surface area contributed by atoms with Crippen LogP contribution in [-0.2, 0) is 28.7 Å².